The van der Waals surface area contributed by atoms with E-state index in [9.17, 15) is 0 Å². The van der Waals surface area contributed by atoms with E-state index >= 15 is 0 Å². The van der Waals surface area contributed by atoms with Crippen LogP contribution in [0.25, 0.3) is 0 Å². The molecule has 1 rings (SSSR count). The second kappa shape index (κ2) is 5.22. The maximum atomic E-state index is 4.09. The second-order valence-electron chi connectivity index (χ2n) is 3.12. The Balaban J connectivity index is 2.68. The van der Waals surface area contributed by atoms with Gasteiger partial charge in [-0.15, -0.1) is 0 Å². The Bertz CT molecular complexity index is 330. The molecule has 0 aromatic rings. The van der Waals surface area contributed by atoms with Crippen LogP contribution in [0.1, 0.15) is 13.3 Å². The number of nitrogens with one attached hydrogen (secondary N) is 1. The van der Waals surface area contributed by atoms with E-state index in [4.69, 9.17) is 0 Å². The van der Waals surface area contributed by atoms with Crippen molar-refractivity contribution in [3.63, 3.8) is 0 Å². The fourth-order valence-electron chi connectivity index (χ4n) is 1.30. The Morgan fingerprint density at radius 1 is 1.57 bits per heavy atom. The summed E-state index contributed by atoms with van der Waals surface area (Å²) < 4.78 is 0. The van der Waals surface area contributed by atoms with Crippen molar-refractivity contribution in [2.24, 2.45) is 4.99 Å². The number of hydrogen-bond acceptors (Lipinski definition) is 2. The van der Waals surface area contributed by atoms with Crippen molar-refractivity contribution >= 4 is 5.71 Å². The molecule has 0 atom stereocenters. The molecule has 1 N–H and O–H groups in total. The number of rotatable bonds is 3. The van der Waals surface area contributed by atoms with E-state index in [1.165, 1.54) is 11.3 Å². The van der Waals surface area contributed by atoms with E-state index in [0.29, 0.717) is 0 Å². The van der Waals surface area contributed by atoms with Gasteiger partial charge in [0.15, 0.2) is 0 Å². The van der Waals surface area contributed by atoms with Crippen molar-refractivity contribution in [1.29, 1.82) is 0 Å². The molecule has 14 heavy (non-hydrogen) atoms. The van der Waals surface area contributed by atoms with E-state index in [0.717, 1.165) is 12.1 Å². The highest BCUT2D eigenvalue weighted by atomic mass is 14.8. The van der Waals surface area contributed by atoms with Crippen molar-refractivity contribution in [1.82, 2.24) is 5.32 Å². The highest BCUT2D eigenvalue weighted by Crippen LogP contribution is 2.13. The Labute approximate surface area is 85.4 Å². The summed E-state index contributed by atoms with van der Waals surface area (Å²) in [5, 5.41) is 3.10. The first-order valence-electron chi connectivity index (χ1n) is 4.68. The number of nitrogens with zero attached hydrogens (tertiary/aromatic N) is 1. The van der Waals surface area contributed by atoms with E-state index in [1.54, 1.807) is 6.20 Å². The first kappa shape index (κ1) is 10.5. The molecule has 1 aliphatic carbocycles. The lowest BCUT2D eigenvalue weighted by molar-refractivity contribution is 1.00. The van der Waals surface area contributed by atoms with Gasteiger partial charge in [0.1, 0.15) is 0 Å². The molecule has 0 unspecified atom stereocenters. The van der Waals surface area contributed by atoms with Gasteiger partial charge in [-0.2, -0.15) is 0 Å². The third-order valence-corrected chi connectivity index (χ3v) is 2.01. The normalized spacial score (nSPS) is 19.4. The fraction of sp³-hybridized carbons (Fsp3) is 0.250. The topological polar surface area (TPSA) is 24.4 Å². The molecule has 1 aliphatic rings. The minimum Gasteiger partial charge on any atom is -0.388 e. The van der Waals surface area contributed by atoms with Crippen LogP contribution in [0.2, 0.25) is 0 Å². The standard InChI is InChI=1S/C12H16N2/c1-4-14-10(2)9-11-5-7-12(13-3)8-6-11/h4-5,7-9,13H,1,6H2,2-3H3/b11-9-,14-10-. The monoisotopic (exact) mass is 188 g/mol. The van der Waals surface area contributed by atoms with E-state index in [2.05, 4.69) is 41.2 Å². The first-order chi connectivity index (χ1) is 6.76. The summed E-state index contributed by atoms with van der Waals surface area (Å²) in [4.78, 5) is 4.09. The summed E-state index contributed by atoms with van der Waals surface area (Å²) in [6, 6.07) is 0. The number of likely N-dealkylation sites (N-methyl/N-ethyl adjacent to an activating group) is 1. The number of aliphatic imine (C=N–C) groups is 1. The third-order valence-electron chi connectivity index (χ3n) is 2.01. The van der Waals surface area contributed by atoms with Gasteiger partial charge >= 0.3 is 0 Å². The van der Waals surface area contributed by atoms with Gasteiger partial charge in [0.2, 0.25) is 0 Å². The smallest absolute Gasteiger partial charge is 0.0375 e. The van der Waals surface area contributed by atoms with Crippen molar-refractivity contribution in [2.45, 2.75) is 13.3 Å². The zero-order valence-corrected chi connectivity index (χ0v) is 8.75. The molecule has 0 heterocycles. The highest BCUT2D eigenvalue weighted by molar-refractivity contribution is 5.94. The molecule has 0 fully saturated rings. The molecule has 0 aliphatic heterocycles. The molecule has 2 heteroatoms. The number of hydrogen-bond donors (Lipinski definition) is 1. The maximum absolute atomic E-state index is 4.09. The van der Waals surface area contributed by atoms with Crippen molar-refractivity contribution in [3.05, 3.63) is 48.4 Å². The Morgan fingerprint density at radius 3 is 2.86 bits per heavy atom. The average molecular weight is 188 g/mol. The predicted molar refractivity (Wildman–Crippen MR) is 62.3 cm³/mol. The Hall–Kier alpha value is -1.57. The van der Waals surface area contributed by atoms with Crippen LogP contribution in [0.3, 0.4) is 0 Å². The summed E-state index contributed by atoms with van der Waals surface area (Å²) in [6.45, 7) is 5.53. The van der Waals surface area contributed by atoms with Crippen LogP contribution in [-0.4, -0.2) is 12.8 Å². The summed E-state index contributed by atoms with van der Waals surface area (Å²) in [6.07, 6.45) is 10.9. The molecule has 0 radical (unpaired) electrons. The van der Waals surface area contributed by atoms with Gasteiger partial charge in [-0.25, -0.2) is 0 Å². The van der Waals surface area contributed by atoms with Crippen LogP contribution in [0.4, 0.5) is 0 Å². The molecule has 2 nitrogen and oxygen atoms in total. The zero-order valence-electron chi connectivity index (χ0n) is 8.75. The quantitative estimate of drug-likeness (QED) is 0.676. The van der Waals surface area contributed by atoms with E-state index in [-0.39, 0.29) is 0 Å². The molecule has 74 valence electrons. The van der Waals surface area contributed by atoms with Gasteiger partial charge in [0.05, 0.1) is 0 Å². The number of allylic oxidation sites excluding steroid dienone is 5. The van der Waals surface area contributed by atoms with Gasteiger partial charge in [0.25, 0.3) is 0 Å². The molecule has 0 aromatic heterocycles. The molecule has 0 amide bonds. The summed E-state index contributed by atoms with van der Waals surface area (Å²) in [7, 11) is 1.93. The van der Waals surface area contributed by atoms with Crippen LogP contribution in [0.5, 0.6) is 0 Å². The average Bonchev–Trinajstić information content (AvgIpc) is 2.19. The van der Waals surface area contributed by atoms with Crippen LogP contribution >= 0.6 is 0 Å². The Morgan fingerprint density at radius 2 is 2.36 bits per heavy atom. The van der Waals surface area contributed by atoms with E-state index < -0.39 is 0 Å². The zero-order chi connectivity index (χ0) is 10.4. The molecule has 0 aromatic carbocycles. The molecule has 0 spiro atoms. The Kier molecular flexibility index (Phi) is 3.92. The van der Waals surface area contributed by atoms with Crippen molar-refractivity contribution < 1.29 is 0 Å². The molecular weight excluding hydrogens is 172 g/mol. The minimum atomic E-state index is 0.955. The first-order valence-corrected chi connectivity index (χ1v) is 4.68. The molecule has 0 saturated carbocycles. The molecular formula is C12H16N2. The van der Waals surface area contributed by atoms with Gasteiger partial charge in [-0.05, 0) is 31.1 Å². The van der Waals surface area contributed by atoms with Gasteiger partial charge in [-0.3, -0.25) is 4.99 Å². The third kappa shape index (κ3) is 3.05. The highest BCUT2D eigenvalue weighted by Gasteiger charge is 1.99. The van der Waals surface area contributed by atoms with Gasteiger partial charge in [0, 0.05) is 24.7 Å². The SMILES string of the molecule is C=C/N=C(C)\C=C1\C=CC(NC)=CC1. The lowest BCUT2D eigenvalue weighted by Crippen LogP contribution is -2.05. The van der Waals surface area contributed by atoms with Crippen LogP contribution in [-0.2, 0) is 0 Å². The van der Waals surface area contributed by atoms with E-state index in [1.807, 2.05) is 14.0 Å². The summed E-state index contributed by atoms with van der Waals surface area (Å²) in [5.74, 6) is 0. The predicted octanol–water partition coefficient (Wildman–Crippen LogP) is 2.58. The maximum Gasteiger partial charge on any atom is 0.0375 e. The van der Waals surface area contributed by atoms with Gasteiger partial charge < -0.3 is 5.32 Å². The van der Waals surface area contributed by atoms with Crippen LogP contribution in [0.15, 0.2) is 53.3 Å². The van der Waals surface area contributed by atoms with Crippen LogP contribution < -0.4 is 5.32 Å². The van der Waals surface area contributed by atoms with Crippen molar-refractivity contribution in [3.8, 4) is 0 Å². The summed E-state index contributed by atoms with van der Waals surface area (Å²) >= 11 is 0. The van der Waals surface area contributed by atoms with Gasteiger partial charge in [-0.1, -0.05) is 18.7 Å². The second-order valence-corrected chi connectivity index (χ2v) is 3.12. The fourth-order valence-corrected chi connectivity index (χ4v) is 1.30. The lowest BCUT2D eigenvalue weighted by atomic mass is 10.0. The van der Waals surface area contributed by atoms with Crippen LogP contribution in [0, 0.1) is 0 Å². The largest absolute Gasteiger partial charge is 0.388 e. The lowest BCUT2D eigenvalue weighted by Gasteiger charge is -2.08. The molecule has 0 saturated heterocycles. The summed E-state index contributed by atoms with van der Waals surface area (Å²) in [5.41, 5.74) is 3.42. The molecule has 0 bridgehead atoms. The minimum absolute atomic E-state index is 0.955. The van der Waals surface area contributed by atoms with Crippen molar-refractivity contribution in [2.75, 3.05) is 7.05 Å².